The molecule has 10 nitrogen and oxygen atoms in total. The molecule has 11 heteroatoms. The Bertz CT molecular complexity index is 929. The summed E-state index contributed by atoms with van der Waals surface area (Å²) in [5.74, 6) is -4.22. The van der Waals surface area contributed by atoms with Crippen LogP contribution in [0.3, 0.4) is 0 Å². The molecule has 30 heavy (non-hydrogen) atoms. The van der Waals surface area contributed by atoms with Crippen molar-refractivity contribution in [3.05, 3.63) is 58.6 Å². The van der Waals surface area contributed by atoms with Crippen molar-refractivity contribution in [2.24, 2.45) is 0 Å². The Morgan fingerprint density at radius 2 is 1.40 bits per heavy atom. The number of ether oxygens (including phenoxy) is 1. The molecule has 0 radical (unpaired) electrons. The Labute approximate surface area is 175 Å². The second kappa shape index (κ2) is 11.3. The van der Waals surface area contributed by atoms with Crippen LogP contribution in [0.5, 0.6) is 5.75 Å². The topological polar surface area (TPSA) is 162 Å². The van der Waals surface area contributed by atoms with Crippen LogP contribution in [0.15, 0.2) is 42.5 Å². The number of methoxy groups -OCH3 is 1. The van der Waals surface area contributed by atoms with Gasteiger partial charge in [0.2, 0.25) is 0 Å². The molecule has 0 heterocycles. The molecule has 0 fully saturated rings. The first-order chi connectivity index (χ1) is 14.1. The summed E-state index contributed by atoms with van der Waals surface area (Å²) in [7, 11) is 1.49. The normalized spacial score (nSPS) is 9.67. The highest BCUT2D eigenvalue weighted by Crippen LogP contribution is 2.22. The highest BCUT2D eigenvalue weighted by atomic mass is 35.5. The molecule has 0 aliphatic rings. The molecular weight excluding hydrogens is 422 g/mol. The number of rotatable bonds is 8. The van der Waals surface area contributed by atoms with E-state index in [1.807, 2.05) is 0 Å². The molecule has 160 valence electrons. The van der Waals surface area contributed by atoms with Gasteiger partial charge in [-0.1, -0.05) is 23.7 Å². The molecule has 0 unspecified atom stereocenters. The quantitative estimate of drug-likeness (QED) is 0.480. The van der Waals surface area contributed by atoms with Crippen LogP contribution in [0.25, 0.3) is 0 Å². The summed E-state index contributed by atoms with van der Waals surface area (Å²) in [6.07, 6.45) is 0. The van der Waals surface area contributed by atoms with Gasteiger partial charge in [-0.15, -0.1) is 0 Å². The number of hydrogen-bond acceptors (Lipinski definition) is 6. The molecule has 0 aliphatic heterocycles. The summed E-state index contributed by atoms with van der Waals surface area (Å²) >= 11 is 5.64. The lowest BCUT2D eigenvalue weighted by Crippen LogP contribution is -2.35. The summed E-state index contributed by atoms with van der Waals surface area (Å²) in [4.78, 5) is 43.8. The van der Waals surface area contributed by atoms with Crippen molar-refractivity contribution in [1.29, 1.82) is 0 Å². The molecule has 2 rings (SSSR count). The van der Waals surface area contributed by atoms with E-state index in [1.165, 1.54) is 43.5 Å². The Morgan fingerprint density at radius 3 is 1.83 bits per heavy atom. The number of aliphatic carboxylic acids is 2. The maximum atomic E-state index is 11.0. The SMILES string of the molecule is COc1ccc(C(=O)O)c(Cl)c1.O=C(O)CN(CC(=O)O)c1ccccc1C(=O)O. The molecule has 2 aromatic rings. The molecule has 4 N–H and O–H groups in total. The van der Waals surface area contributed by atoms with Crippen molar-refractivity contribution >= 4 is 41.2 Å². The van der Waals surface area contributed by atoms with Gasteiger partial charge in [0.15, 0.2) is 0 Å². The van der Waals surface area contributed by atoms with E-state index in [0.717, 1.165) is 4.90 Å². The van der Waals surface area contributed by atoms with Crippen LogP contribution >= 0.6 is 11.6 Å². The Balaban J connectivity index is 0.000000325. The van der Waals surface area contributed by atoms with Gasteiger partial charge >= 0.3 is 23.9 Å². The van der Waals surface area contributed by atoms with E-state index < -0.39 is 37.0 Å². The van der Waals surface area contributed by atoms with Gasteiger partial charge in [-0.25, -0.2) is 9.59 Å². The monoisotopic (exact) mass is 439 g/mol. The number of para-hydroxylation sites is 1. The summed E-state index contributed by atoms with van der Waals surface area (Å²) < 4.78 is 4.85. The number of anilines is 1. The summed E-state index contributed by atoms with van der Waals surface area (Å²) in [6.45, 7) is -1.17. The smallest absolute Gasteiger partial charge is 0.337 e. The highest BCUT2D eigenvalue weighted by molar-refractivity contribution is 6.33. The minimum Gasteiger partial charge on any atom is -0.497 e. The average molecular weight is 440 g/mol. The van der Waals surface area contributed by atoms with Gasteiger partial charge in [0.25, 0.3) is 0 Å². The largest absolute Gasteiger partial charge is 0.497 e. The average Bonchev–Trinajstić information content (AvgIpc) is 2.66. The van der Waals surface area contributed by atoms with E-state index >= 15 is 0 Å². The third-order valence-corrected chi connectivity index (χ3v) is 3.85. The lowest BCUT2D eigenvalue weighted by atomic mass is 10.1. The number of benzene rings is 2. The predicted octanol–water partition coefficient (Wildman–Crippen LogP) is 2.41. The van der Waals surface area contributed by atoms with Crippen molar-refractivity contribution in [2.75, 3.05) is 25.1 Å². The zero-order chi connectivity index (χ0) is 22.8. The van der Waals surface area contributed by atoms with E-state index in [2.05, 4.69) is 0 Å². The van der Waals surface area contributed by atoms with E-state index in [0.29, 0.717) is 5.75 Å². The second-order valence-electron chi connectivity index (χ2n) is 5.62. The number of aromatic carboxylic acids is 2. The zero-order valence-electron chi connectivity index (χ0n) is 15.6. The van der Waals surface area contributed by atoms with Crippen LogP contribution in [0.2, 0.25) is 5.02 Å². The van der Waals surface area contributed by atoms with E-state index in [9.17, 15) is 19.2 Å². The maximum absolute atomic E-state index is 11.0. The zero-order valence-corrected chi connectivity index (χ0v) is 16.4. The molecule has 0 spiro atoms. The van der Waals surface area contributed by atoms with Crippen molar-refractivity contribution in [3.63, 3.8) is 0 Å². The van der Waals surface area contributed by atoms with Crippen molar-refractivity contribution in [3.8, 4) is 5.75 Å². The number of nitrogens with zero attached hydrogens (tertiary/aromatic N) is 1. The van der Waals surface area contributed by atoms with Crippen LogP contribution < -0.4 is 9.64 Å². The molecule has 0 saturated carbocycles. The molecule has 0 aliphatic carbocycles. The number of halogens is 1. The maximum Gasteiger partial charge on any atom is 0.337 e. The fraction of sp³-hybridized carbons (Fsp3) is 0.158. The minimum atomic E-state index is -1.24. The minimum absolute atomic E-state index is 0.0646. The number of carboxylic acid groups (broad SMARTS) is 4. The van der Waals surface area contributed by atoms with Crippen LogP contribution in [-0.4, -0.2) is 64.5 Å². The van der Waals surface area contributed by atoms with Crippen molar-refractivity contribution in [2.45, 2.75) is 0 Å². The molecule has 0 atom stereocenters. The summed E-state index contributed by atoms with van der Waals surface area (Å²) in [5.41, 5.74) is 0.00673. The Morgan fingerprint density at radius 1 is 0.867 bits per heavy atom. The molecule has 0 aromatic heterocycles. The van der Waals surface area contributed by atoms with Gasteiger partial charge in [0.1, 0.15) is 18.8 Å². The molecular formula is C19H18ClNO9. The third kappa shape index (κ3) is 7.32. The molecule has 2 aromatic carbocycles. The third-order valence-electron chi connectivity index (χ3n) is 3.53. The van der Waals surface area contributed by atoms with Crippen molar-refractivity contribution < 1.29 is 44.3 Å². The number of carboxylic acids is 4. The first kappa shape index (κ1) is 24.2. The van der Waals surface area contributed by atoms with Crippen LogP contribution in [0, 0.1) is 0 Å². The van der Waals surface area contributed by atoms with Crippen LogP contribution in [0.4, 0.5) is 5.69 Å². The lowest BCUT2D eigenvalue weighted by Gasteiger charge is -2.22. The molecule has 0 bridgehead atoms. The van der Waals surface area contributed by atoms with E-state index in [4.69, 9.17) is 36.8 Å². The number of carbonyl (C=O) groups is 4. The Hall–Kier alpha value is -3.79. The molecule has 0 amide bonds. The fourth-order valence-corrected chi connectivity index (χ4v) is 2.53. The number of hydrogen-bond donors (Lipinski definition) is 4. The highest BCUT2D eigenvalue weighted by Gasteiger charge is 2.19. The van der Waals surface area contributed by atoms with Crippen LogP contribution in [-0.2, 0) is 9.59 Å². The standard InChI is InChI=1S/C11H11NO6.C8H7ClO3/c13-9(14)5-12(6-10(15)16)8-4-2-1-3-7(8)11(17)18;1-12-5-2-3-6(8(10)11)7(9)4-5/h1-4H,5-6H2,(H,13,14)(H,15,16)(H,17,18);2-4H,1H3,(H,10,11). The van der Waals surface area contributed by atoms with E-state index in [1.54, 1.807) is 6.07 Å². The van der Waals surface area contributed by atoms with Crippen molar-refractivity contribution in [1.82, 2.24) is 0 Å². The Kier molecular flexibility index (Phi) is 9.11. The van der Waals surface area contributed by atoms with Crippen LogP contribution in [0.1, 0.15) is 20.7 Å². The van der Waals surface area contributed by atoms with Gasteiger partial charge in [-0.2, -0.15) is 0 Å². The first-order valence-corrected chi connectivity index (χ1v) is 8.52. The van der Waals surface area contributed by atoms with Gasteiger partial charge in [0.05, 0.1) is 28.9 Å². The van der Waals surface area contributed by atoms with Gasteiger partial charge < -0.3 is 30.1 Å². The molecule has 0 saturated heterocycles. The fourth-order valence-electron chi connectivity index (χ4n) is 2.28. The van der Waals surface area contributed by atoms with Gasteiger partial charge in [-0.05, 0) is 30.3 Å². The summed E-state index contributed by atoms with van der Waals surface area (Å²) in [6, 6.07) is 10.1. The van der Waals surface area contributed by atoms with Gasteiger partial charge in [0, 0.05) is 0 Å². The predicted molar refractivity (Wildman–Crippen MR) is 106 cm³/mol. The van der Waals surface area contributed by atoms with Gasteiger partial charge in [-0.3, -0.25) is 9.59 Å². The second-order valence-corrected chi connectivity index (χ2v) is 6.02. The lowest BCUT2D eigenvalue weighted by molar-refractivity contribution is -0.136. The van der Waals surface area contributed by atoms with E-state index in [-0.39, 0.29) is 21.8 Å². The summed E-state index contributed by atoms with van der Waals surface area (Å²) in [5, 5.41) is 35.2. The first-order valence-electron chi connectivity index (χ1n) is 8.14.